The first-order valence-corrected chi connectivity index (χ1v) is 3.93. The summed E-state index contributed by atoms with van der Waals surface area (Å²) in [5, 5.41) is 3.77. The van der Waals surface area contributed by atoms with Crippen LogP contribution in [0.3, 0.4) is 0 Å². The number of nitrogens with zero attached hydrogens (tertiary/aromatic N) is 1. The normalized spacial score (nSPS) is 10.3. The third kappa shape index (κ3) is 1.49. The van der Waals surface area contributed by atoms with Crippen LogP contribution in [0, 0.1) is 10.5 Å². The van der Waals surface area contributed by atoms with Gasteiger partial charge in [0.2, 0.25) is 0 Å². The lowest BCUT2D eigenvalue weighted by Crippen LogP contribution is -1.86. The van der Waals surface area contributed by atoms with Crippen LogP contribution in [0.2, 0.25) is 0 Å². The first-order valence-electron chi connectivity index (χ1n) is 2.85. The van der Waals surface area contributed by atoms with E-state index in [4.69, 9.17) is 9.26 Å². The molecule has 1 heterocycles. The van der Waals surface area contributed by atoms with Gasteiger partial charge in [0.25, 0.3) is 0 Å². The second-order valence-corrected chi connectivity index (χ2v) is 3.02. The lowest BCUT2D eigenvalue weighted by Gasteiger charge is -1.90. The molecule has 0 bridgehead atoms. The van der Waals surface area contributed by atoms with E-state index in [0.717, 1.165) is 15.0 Å². The van der Waals surface area contributed by atoms with Gasteiger partial charge in [0.1, 0.15) is 6.61 Å². The van der Waals surface area contributed by atoms with Gasteiger partial charge in [-0.3, -0.25) is 0 Å². The molecule has 0 aliphatic heterocycles. The maximum Gasteiger partial charge on any atom is 0.175 e. The highest BCUT2D eigenvalue weighted by molar-refractivity contribution is 14.1. The van der Waals surface area contributed by atoms with E-state index in [1.165, 1.54) is 0 Å². The van der Waals surface area contributed by atoms with Gasteiger partial charge in [-0.05, 0) is 29.5 Å². The van der Waals surface area contributed by atoms with Gasteiger partial charge in [-0.25, -0.2) is 0 Å². The number of hydrogen-bond acceptors (Lipinski definition) is 3. The van der Waals surface area contributed by atoms with Crippen molar-refractivity contribution in [1.82, 2.24) is 5.16 Å². The molecule has 0 unspecified atom stereocenters. The smallest absolute Gasteiger partial charge is 0.175 e. The van der Waals surface area contributed by atoms with E-state index in [9.17, 15) is 0 Å². The maximum absolute atomic E-state index is 4.95. The van der Waals surface area contributed by atoms with Gasteiger partial charge >= 0.3 is 0 Å². The fraction of sp³-hybridized carbons (Fsp3) is 0.500. The van der Waals surface area contributed by atoms with Crippen molar-refractivity contribution in [3.63, 3.8) is 0 Å². The molecule has 10 heavy (non-hydrogen) atoms. The fourth-order valence-corrected chi connectivity index (χ4v) is 0.979. The Kier molecular flexibility index (Phi) is 2.67. The minimum atomic E-state index is 0.499. The van der Waals surface area contributed by atoms with E-state index in [2.05, 4.69) is 27.7 Å². The number of aryl methyl sites for hydroxylation is 1. The van der Waals surface area contributed by atoms with Gasteiger partial charge in [-0.2, -0.15) is 0 Å². The Bertz CT molecular complexity index is 222. The van der Waals surface area contributed by atoms with Crippen LogP contribution in [0.15, 0.2) is 4.52 Å². The molecule has 3 nitrogen and oxygen atoms in total. The highest BCUT2D eigenvalue weighted by Gasteiger charge is 2.07. The van der Waals surface area contributed by atoms with Crippen molar-refractivity contribution in [1.29, 1.82) is 0 Å². The zero-order chi connectivity index (χ0) is 7.56. The molecule has 0 saturated heterocycles. The van der Waals surface area contributed by atoms with E-state index in [0.29, 0.717) is 6.61 Å². The minimum Gasteiger partial charge on any atom is -0.377 e. The largest absolute Gasteiger partial charge is 0.377 e. The first kappa shape index (κ1) is 8.00. The van der Waals surface area contributed by atoms with E-state index in [1.54, 1.807) is 7.11 Å². The van der Waals surface area contributed by atoms with Gasteiger partial charge in [0, 0.05) is 7.11 Å². The van der Waals surface area contributed by atoms with Crippen molar-refractivity contribution in [3.8, 4) is 0 Å². The van der Waals surface area contributed by atoms with Crippen LogP contribution in [0.1, 0.15) is 11.5 Å². The molecule has 1 rings (SSSR count). The Balaban J connectivity index is 2.83. The van der Waals surface area contributed by atoms with E-state index in [1.807, 2.05) is 6.92 Å². The van der Waals surface area contributed by atoms with Crippen molar-refractivity contribution in [2.45, 2.75) is 13.5 Å². The lowest BCUT2D eigenvalue weighted by atomic mass is 10.4. The molecule has 0 aromatic carbocycles. The Morgan fingerprint density at radius 3 is 2.80 bits per heavy atom. The number of aromatic nitrogens is 1. The summed E-state index contributed by atoms with van der Waals surface area (Å²) in [6.45, 7) is 2.41. The summed E-state index contributed by atoms with van der Waals surface area (Å²) in [5.41, 5.74) is 0.924. The SMILES string of the molecule is COCc1onc(C)c1I. The summed E-state index contributed by atoms with van der Waals surface area (Å²) in [6.07, 6.45) is 0. The highest BCUT2D eigenvalue weighted by atomic mass is 127. The van der Waals surface area contributed by atoms with E-state index >= 15 is 0 Å². The van der Waals surface area contributed by atoms with E-state index < -0.39 is 0 Å². The molecular formula is C6H8INO2. The Labute approximate surface area is 72.9 Å². The molecule has 4 heteroatoms. The van der Waals surface area contributed by atoms with Gasteiger partial charge in [-0.1, -0.05) is 5.16 Å². The topological polar surface area (TPSA) is 35.3 Å². The predicted molar refractivity (Wildman–Crippen MR) is 44.7 cm³/mol. The van der Waals surface area contributed by atoms with Gasteiger partial charge < -0.3 is 9.26 Å². The second kappa shape index (κ2) is 3.34. The summed E-state index contributed by atoms with van der Waals surface area (Å²) in [7, 11) is 1.63. The van der Waals surface area contributed by atoms with Gasteiger partial charge in [0.15, 0.2) is 5.76 Å². The Morgan fingerprint density at radius 1 is 1.70 bits per heavy atom. The summed E-state index contributed by atoms with van der Waals surface area (Å²) in [4.78, 5) is 0. The van der Waals surface area contributed by atoms with Crippen LogP contribution in [0.5, 0.6) is 0 Å². The quantitative estimate of drug-likeness (QED) is 0.753. The van der Waals surface area contributed by atoms with E-state index in [-0.39, 0.29) is 0 Å². The summed E-state index contributed by atoms with van der Waals surface area (Å²) >= 11 is 2.19. The van der Waals surface area contributed by atoms with Gasteiger partial charge in [0.05, 0.1) is 9.26 Å². The molecule has 0 radical (unpaired) electrons. The number of hydrogen-bond donors (Lipinski definition) is 0. The Hall–Kier alpha value is -0.100. The molecular weight excluding hydrogens is 245 g/mol. The molecule has 56 valence electrons. The number of methoxy groups -OCH3 is 1. The number of rotatable bonds is 2. The van der Waals surface area contributed by atoms with Crippen molar-refractivity contribution < 1.29 is 9.26 Å². The molecule has 0 saturated carbocycles. The lowest BCUT2D eigenvalue weighted by molar-refractivity contribution is 0.155. The van der Waals surface area contributed by atoms with Crippen LogP contribution in [0.25, 0.3) is 0 Å². The Morgan fingerprint density at radius 2 is 2.40 bits per heavy atom. The maximum atomic E-state index is 4.95. The van der Waals surface area contributed by atoms with Crippen LogP contribution in [-0.2, 0) is 11.3 Å². The van der Waals surface area contributed by atoms with Gasteiger partial charge in [-0.15, -0.1) is 0 Å². The van der Waals surface area contributed by atoms with Crippen molar-refractivity contribution in [2.75, 3.05) is 7.11 Å². The van der Waals surface area contributed by atoms with Crippen LogP contribution < -0.4 is 0 Å². The first-order chi connectivity index (χ1) is 4.75. The van der Waals surface area contributed by atoms with Crippen LogP contribution in [0.4, 0.5) is 0 Å². The van der Waals surface area contributed by atoms with Crippen molar-refractivity contribution in [3.05, 3.63) is 15.0 Å². The molecule has 0 aliphatic carbocycles. The molecule has 0 N–H and O–H groups in total. The zero-order valence-corrected chi connectivity index (χ0v) is 8.01. The third-order valence-corrected chi connectivity index (χ3v) is 2.51. The molecule has 0 amide bonds. The number of halogens is 1. The third-order valence-electron chi connectivity index (χ3n) is 1.13. The molecule has 1 aromatic rings. The van der Waals surface area contributed by atoms with Crippen LogP contribution >= 0.6 is 22.6 Å². The van der Waals surface area contributed by atoms with Crippen molar-refractivity contribution in [2.24, 2.45) is 0 Å². The standard InChI is InChI=1S/C6H8INO2/c1-4-6(7)5(3-9-2)10-8-4/h3H2,1-2H3. The monoisotopic (exact) mass is 253 g/mol. The summed E-state index contributed by atoms with van der Waals surface area (Å²) in [5.74, 6) is 0.806. The molecule has 1 aromatic heterocycles. The average Bonchev–Trinajstić information content (AvgIpc) is 2.20. The molecule has 0 atom stereocenters. The minimum absolute atomic E-state index is 0.499. The molecule has 0 spiro atoms. The predicted octanol–water partition coefficient (Wildman–Crippen LogP) is 1.73. The summed E-state index contributed by atoms with van der Waals surface area (Å²) in [6, 6.07) is 0. The highest BCUT2D eigenvalue weighted by Crippen LogP contribution is 2.15. The fourth-order valence-electron chi connectivity index (χ4n) is 0.626. The summed E-state index contributed by atoms with van der Waals surface area (Å²) < 4.78 is 10.9. The molecule has 0 fully saturated rings. The van der Waals surface area contributed by atoms with Crippen LogP contribution in [-0.4, -0.2) is 12.3 Å². The number of ether oxygens (including phenoxy) is 1. The average molecular weight is 253 g/mol. The molecule has 0 aliphatic rings. The van der Waals surface area contributed by atoms with Crippen molar-refractivity contribution >= 4 is 22.6 Å². The zero-order valence-electron chi connectivity index (χ0n) is 5.85. The second-order valence-electron chi connectivity index (χ2n) is 1.94.